The maximum absolute atomic E-state index is 10.7. The lowest BCUT2D eigenvalue weighted by Gasteiger charge is -2.06. The van der Waals surface area contributed by atoms with Crippen molar-refractivity contribution < 1.29 is 18.3 Å². The number of carboxylic acid groups (broad SMARTS) is 1. The van der Waals surface area contributed by atoms with Crippen LogP contribution in [0.15, 0.2) is 0 Å². The number of aliphatic carboxylic acids is 1. The summed E-state index contributed by atoms with van der Waals surface area (Å²) >= 11 is 0. The molecule has 0 saturated heterocycles. The van der Waals surface area contributed by atoms with E-state index in [1.165, 1.54) is 0 Å². The second-order valence-corrected chi connectivity index (χ2v) is 5.73. The van der Waals surface area contributed by atoms with Crippen LogP contribution >= 0.6 is 0 Å². The molecular weight excluding hydrogens is 180 g/mol. The molecule has 0 aliphatic heterocycles. The number of hydrogen-bond acceptors (Lipinski definition) is 3. The van der Waals surface area contributed by atoms with E-state index in [0.29, 0.717) is 12.8 Å². The van der Waals surface area contributed by atoms with Gasteiger partial charge in [0.1, 0.15) is 9.84 Å². The first-order chi connectivity index (χ1) is 5.36. The SMILES string of the molecule is CS(=O)(=O)CCC1(C(=O)O)CC1. The van der Waals surface area contributed by atoms with Gasteiger partial charge in [0.15, 0.2) is 0 Å². The maximum atomic E-state index is 10.7. The molecule has 1 N–H and O–H groups in total. The molecule has 70 valence electrons. The second kappa shape index (κ2) is 2.73. The Morgan fingerprint density at radius 2 is 2.00 bits per heavy atom. The molecule has 1 saturated carbocycles. The zero-order valence-corrected chi connectivity index (χ0v) is 7.73. The van der Waals surface area contributed by atoms with E-state index < -0.39 is 21.2 Å². The lowest BCUT2D eigenvalue weighted by atomic mass is 10.1. The third kappa shape index (κ3) is 2.20. The number of rotatable bonds is 4. The van der Waals surface area contributed by atoms with E-state index in [2.05, 4.69) is 0 Å². The van der Waals surface area contributed by atoms with Gasteiger partial charge in [0.25, 0.3) is 0 Å². The van der Waals surface area contributed by atoms with Gasteiger partial charge in [-0.1, -0.05) is 0 Å². The Hall–Kier alpha value is -0.580. The van der Waals surface area contributed by atoms with Crippen molar-refractivity contribution in [2.75, 3.05) is 12.0 Å². The Labute approximate surface area is 71.5 Å². The van der Waals surface area contributed by atoms with Gasteiger partial charge in [0, 0.05) is 6.26 Å². The number of carboxylic acids is 1. The van der Waals surface area contributed by atoms with Crippen LogP contribution in [0.4, 0.5) is 0 Å². The third-order valence-electron chi connectivity index (χ3n) is 2.26. The standard InChI is InChI=1S/C7H12O4S/c1-12(10,11)5-4-7(2-3-7)6(8)9/h2-5H2,1H3,(H,8,9). The van der Waals surface area contributed by atoms with Crippen molar-refractivity contribution >= 4 is 15.8 Å². The predicted molar refractivity (Wildman–Crippen MR) is 43.6 cm³/mol. The van der Waals surface area contributed by atoms with Gasteiger partial charge >= 0.3 is 5.97 Å². The zero-order valence-electron chi connectivity index (χ0n) is 6.91. The van der Waals surface area contributed by atoms with Gasteiger partial charge in [-0.2, -0.15) is 0 Å². The first-order valence-corrected chi connectivity index (χ1v) is 5.83. The molecule has 0 atom stereocenters. The van der Waals surface area contributed by atoms with Gasteiger partial charge < -0.3 is 5.11 Å². The van der Waals surface area contributed by atoms with E-state index in [9.17, 15) is 13.2 Å². The Kier molecular flexibility index (Phi) is 2.16. The maximum Gasteiger partial charge on any atom is 0.309 e. The monoisotopic (exact) mass is 192 g/mol. The zero-order chi connectivity index (χ0) is 9.41. The van der Waals surface area contributed by atoms with Crippen molar-refractivity contribution in [1.82, 2.24) is 0 Å². The van der Waals surface area contributed by atoms with Crippen LogP contribution in [-0.2, 0) is 14.6 Å². The molecular formula is C7H12O4S. The summed E-state index contributed by atoms with van der Waals surface area (Å²) < 4.78 is 21.5. The lowest BCUT2D eigenvalue weighted by Crippen LogP contribution is -2.18. The van der Waals surface area contributed by atoms with Crippen molar-refractivity contribution in [3.8, 4) is 0 Å². The van der Waals surface area contributed by atoms with Gasteiger partial charge in [-0.25, -0.2) is 8.42 Å². The van der Waals surface area contributed by atoms with Gasteiger partial charge in [-0.3, -0.25) is 4.79 Å². The highest BCUT2D eigenvalue weighted by molar-refractivity contribution is 7.90. The van der Waals surface area contributed by atoms with Crippen LogP contribution in [0.25, 0.3) is 0 Å². The molecule has 0 heterocycles. The molecule has 0 unspecified atom stereocenters. The number of carbonyl (C=O) groups is 1. The van der Waals surface area contributed by atoms with Crippen LogP contribution in [0.5, 0.6) is 0 Å². The van der Waals surface area contributed by atoms with E-state index in [1.54, 1.807) is 0 Å². The molecule has 0 aromatic rings. The van der Waals surface area contributed by atoms with Crippen molar-refractivity contribution in [1.29, 1.82) is 0 Å². The van der Waals surface area contributed by atoms with Gasteiger partial charge in [0.05, 0.1) is 11.2 Å². The molecule has 0 amide bonds. The van der Waals surface area contributed by atoms with E-state index >= 15 is 0 Å². The van der Waals surface area contributed by atoms with Gasteiger partial charge in [0.2, 0.25) is 0 Å². The summed E-state index contributed by atoms with van der Waals surface area (Å²) in [5.74, 6) is -0.870. The highest BCUT2D eigenvalue weighted by atomic mass is 32.2. The minimum atomic E-state index is -3.01. The molecule has 0 radical (unpaired) electrons. The van der Waals surface area contributed by atoms with Crippen molar-refractivity contribution in [3.63, 3.8) is 0 Å². The van der Waals surface area contributed by atoms with Crippen LogP contribution in [0, 0.1) is 5.41 Å². The van der Waals surface area contributed by atoms with E-state index in [4.69, 9.17) is 5.11 Å². The minimum absolute atomic E-state index is 0.0146. The van der Waals surface area contributed by atoms with Crippen LogP contribution < -0.4 is 0 Å². The highest BCUT2D eigenvalue weighted by Gasteiger charge is 2.49. The number of sulfone groups is 1. The Balaban J connectivity index is 2.48. The van der Waals surface area contributed by atoms with Crippen molar-refractivity contribution in [2.45, 2.75) is 19.3 Å². The molecule has 5 heteroatoms. The van der Waals surface area contributed by atoms with Crippen molar-refractivity contribution in [2.24, 2.45) is 5.41 Å². The third-order valence-corrected chi connectivity index (χ3v) is 3.20. The van der Waals surface area contributed by atoms with Crippen LogP contribution in [0.2, 0.25) is 0 Å². The Bertz CT molecular complexity index is 287. The Morgan fingerprint density at radius 1 is 1.50 bits per heavy atom. The fourth-order valence-corrected chi connectivity index (χ4v) is 1.86. The molecule has 0 bridgehead atoms. The van der Waals surface area contributed by atoms with Crippen LogP contribution in [-0.4, -0.2) is 31.5 Å². The summed E-state index contributed by atoms with van der Waals surface area (Å²) in [5.41, 5.74) is -0.705. The summed E-state index contributed by atoms with van der Waals surface area (Å²) in [5, 5.41) is 8.71. The average Bonchev–Trinajstić information content (AvgIpc) is 2.61. The van der Waals surface area contributed by atoms with Crippen LogP contribution in [0.1, 0.15) is 19.3 Å². The molecule has 0 aromatic carbocycles. The van der Waals surface area contributed by atoms with E-state index in [-0.39, 0.29) is 12.2 Å². The highest BCUT2D eigenvalue weighted by Crippen LogP contribution is 2.49. The molecule has 1 rings (SSSR count). The normalized spacial score (nSPS) is 20.4. The molecule has 12 heavy (non-hydrogen) atoms. The first kappa shape index (κ1) is 9.51. The van der Waals surface area contributed by atoms with Gasteiger partial charge in [-0.15, -0.1) is 0 Å². The van der Waals surface area contributed by atoms with E-state index in [0.717, 1.165) is 6.26 Å². The fourth-order valence-electron chi connectivity index (χ4n) is 1.10. The summed E-state index contributed by atoms with van der Waals surface area (Å²) in [7, 11) is -3.01. The summed E-state index contributed by atoms with van der Waals surface area (Å²) in [6.07, 6.45) is 2.64. The summed E-state index contributed by atoms with van der Waals surface area (Å²) in [4.78, 5) is 10.6. The topological polar surface area (TPSA) is 71.4 Å². The van der Waals surface area contributed by atoms with E-state index in [1.807, 2.05) is 0 Å². The predicted octanol–water partition coefficient (Wildman–Crippen LogP) is 0.286. The molecule has 0 aromatic heterocycles. The molecule has 1 aliphatic rings. The van der Waals surface area contributed by atoms with Crippen molar-refractivity contribution in [3.05, 3.63) is 0 Å². The molecule has 0 spiro atoms. The molecule has 1 fully saturated rings. The Morgan fingerprint density at radius 3 is 2.25 bits per heavy atom. The lowest BCUT2D eigenvalue weighted by molar-refractivity contribution is -0.143. The summed E-state index contributed by atoms with van der Waals surface area (Å²) in [6.45, 7) is 0. The minimum Gasteiger partial charge on any atom is -0.481 e. The fraction of sp³-hybridized carbons (Fsp3) is 0.857. The largest absolute Gasteiger partial charge is 0.481 e. The molecule has 1 aliphatic carbocycles. The second-order valence-electron chi connectivity index (χ2n) is 3.47. The summed E-state index contributed by atoms with van der Waals surface area (Å²) in [6, 6.07) is 0. The van der Waals surface area contributed by atoms with Gasteiger partial charge in [-0.05, 0) is 19.3 Å². The molecule has 4 nitrogen and oxygen atoms in total. The quantitative estimate of drug-likeness (QED) is 0.694. The first-order valence-electron chi connectivity index (χ1n) is 3.77. The number of hydrogen-bond donors (Lipinski definition) is 1. The van der Waals surface area contributed by atoms with Crippen LogP contribution in [0.3, 0.4) is 0 Å². The smallest absolute Gasteiger partial charge is 0.309 e. The average molecular weight is 192 g/mol.